The number of carbonyl (C=O) groups is 2. The highest BCUT2D eigenvalue weighted by Gasteiger charge is 2.26. The molecule has 1 amide bonds. The summed E-state index contributed by atoms with van der Waals surface area (Å²) in [6.07, 6.45) is 2.84. The van der Waals surface area contributed by atoms with Gasteiger partial charge in [0.1, 0.15) is 0 Å². The van der Waals surface area contributed by atoms with Crippen molar-refractivity contribution in [3.63, 3.8) is 0 Å². The van der Waals surface area contributed by atoms with Crippen LogP contribution in [0.2, 0.25) is 0 Å². The van der Waals surface area contributed by atoms with Crippen LogP contribution in [-0.2, 0) is 9.59 Å². The number of carboxylic acids is 1. The monoisotopic (exact) mass is 307 g/mol. The van der Waals surface area contributed by atoms with Crippen LogP contribution in [0.15, 0.2) is 29.2 Å². The average Bonchev–Trinajstić information content (AvgIpc) is 2.47. The number of aliphatic carboxylic acids is 1. The minimum absolute atomic E-state index is 0.0297. The van der Waals surface area contributed by atoms with Crippen LogP contribution in [0, 0.1) is 12.8 Å². The standard InChI is InChI=1S/C16H21NO3S/c1-11-4-2-3-5-14(11)21-10-15(18)17-13-8-6-12(7-9-13)16(19)20/h2-5,12-13H,6-10H2,1H3,(H,17,18)(H,19,20). The van der Waals surface area contributed by atoms with E-state index < -0.39 is 5.97 Å². The van der Waals surface area contributed by atoms with Gasteiger partial charge in [0.25, 0.3) is 0 Å². The normalized spacial score (nSPS) is 21.8. The molecule has 0 radical (unpaired) electrons. The Balaban J connectivity index is 1.73. The molecule has 1 aromatic rings. The molecule has 0 aromatic heterocycles. The first-order valence-corrected chi connectivity index (χ1v) is 8.25. The summed E-state index contributed by atoms with van der Waals surface area (Å²) in [7, 11) is 0. The molecule has 1 fully saturated rings. The maximum Gasteiger partial charge on any atom is 0.306 e. The van der Waals surface area contributed by atoms with Gasteiger partial charge in [-0.2, -0.15) is 0 Å². The number of carboxylic acid groups (broad SMARTS) is 1. The van der Waals surface area contributed by atoms with E-state index in [1.807, 2.05) is 31.2 Å². The number of aryl methyl sites for hydroxylation is 1. The molecule has 21 heavy (non-hydrogen) atoms. The number of amides is 1. The van der Waals surface area contributed by atoms with Gasteiger partial charge in [-0.25, -0.2) is 0 Å². The number of hydrogen-bond acceptors (Lipinski definition) is 3. The first kappa shape index (κ1) is 15.9. The predicted molar refractivity (Wildman–Crippen MR) is 83.4 cm³/mol. The van der Waals surface area contributed by atoms with Crippen LogP contribution in [-0.4, -0.2) is 28.8 Å². The van der Waals surface area contributed by atoms with Crippen molar-refractivity contribution in [3.8, 4) is 0 Å². The minimum Gasteiger partial charge on any atom is -0.481 e. The number of nitrogens with one attached hydrogen (secondary N) is 1. The van der Waals surface area contributed by atoms with Gasteiger partial charge in [-0.1, -0.05) is 18.2 Å². The van der Waals surface area contributed by atoms with Crippen molar-refractivity contribution >= 4 is 23.6 Å². The number of benzene rings is 1. The van der Waals surface area contributed by atoms with Gasteiger partial charge in [-0.15, -0.1) is 11.8 Å². The quantitative estimate of drug-likeness (QED) is 0.821. The van der Waals surface area contributed by atoms with Crippen molar-refractivity contribution in [2.24, 2.45) is 5.92 Å². The first-order valence-electron chi connectivity index (χ1n) is 7.27. The fraction of sp³-hybridized carbons (Fsp3) is 0.500. The molecular formula is C16H21NO3S. The van der Waals surface area contributed by atoms with Crippen molar-refractivity contribution < 1.29 is 14.7 Å². The molecule has 0 heterocycles. The van der Waals surface area contributed by atoms with Gasteiger partial charge in [-0.3, -0.25) is 9.59 Å². The summed E-state index contributed by atoms with van der Waals surface area (Å²) in [5.41, 5.74) is 1.18. The second-order valence-electron chi connectivity index (χ2n) is 5.51. The zero-order valence-electron chi connectivity index (χ0n) is 12.2. The summed E-state index contributed by atoms with van der Waals surface area (Å²) in [6, 6.07) is 8.14. The van der Waals surface area contributed by atoms with E-state index in [2.05, 4.69) is 5.32 Å². The van der Waals surface area contributed by atoms with E-state index in [1.54, 1.807) is 11.8 Å². The number of carbonyl (C=O) groups excluding carboxylic acids is 1. The zero-order chi connectivity index (χ0) is 15.2. The largest absolute Gasteiger partial charge is 0.481 e. The Morgan fingerprint density at radius 2 is 1.90 bits per heavy atom. The molecule has 0 aliphatic heterocycles. The highest BCUT2D eigenvalue weighted by atomic mass is 32.2. The number of hydrogen-bond donors (Lipinski definition) is 2. The lowest BCUT2D eigenvalue weighted by molar-refractivity contribution is -0.142. The molecule has 114 valence electrons. The molecule has 0 saturated heterocycles. The van der Waals surface area contributed by atoms with Crippen LogP contribution < -0.4 is 5.32 Å². The Morgan fingerprint density at radius 3 is 2.52 bits per heavy atom. The third-order valence-corrected chi connectivity index (χ3v) is 5.07. The third-order valence-electron chi connectivity index (χ3n) is 3.89. The number of thioether (sulfide) groups is 1. The van der Waals surface area contributed by atoms with Crippen LogP contribution in [0.1, 0.15) is 31.2 Å². The summed E-state index contributed by atoms with van der Waals surface area (Å²) in [5, 5.41) is 12.0. The topological polar surface area (TPSA) is 66.4 Å². The third kappa shape index (κ3) is 4.77. The molecule has 2 rings (SSSR count). The van der Waals surface area contributed by atoms with E-state index in [4.69, 9.17) is 5.11 Å². The maximum atomic E-state index is 12.0. The molecule has 0 unspecified atom stereocenters. The smallest absolute Gasteiger partial charge is 0.306 e. The second kappa shape index (κ2) is 7.50. The minimum atomic E-state index is -0.713. The van der Waals surface area contributed by atoms with Crippen LogP contribution in [0.25, 0.3) is 0 Å². The van der Waals surface area contributed by atoms with E-state index in [0.717, 1.165) is 17.7 Å². The fourth-order valence-corrected chi connectivity index (χ4v) is 3.46. The van der Waals surface area contributed by atoms with Crippen molar-refractivity contribution in [3.05, 3.63) is 29.8 Å². The van der Waals surface area contributed by atoms with E-state index in [0.29, 0.717) is 18.6 Å². The number of rotatable bonds is 5. The van der Waals surface area contributed by atoms with Crippen molar-refractivity contribution in [2.45, 2.75) is 43.5 Å². The lowest BCUT2D eigenvalue weighted by Crippen LogP contribution is -2.39. The van der Waals surface area contributed by atoms with E-state index in [-0.39, 0.29) is 17.9 Å². The Morgan fingerprint density at radius 1 is 1.24 bits per heavy atom. The van der Waals surface area contributed by atoms with Gasteiger partial charge in [0.05, 0.1) is 11.7 Å². The van der Waals surface area contributed by atoms with E-state index in [9.17, 15) is 9.59 Å². The molecule has 4 nitrogen and oxygen atoms in total. The molecule has 0 bridgehead atoms. The highest BCUT2D eigenvalue weighted by Crippen LogP contribution is 2.25. The van der Waals surface area contributed by atoms with Gasteiger partial charge in [0.15, 0.2) is 0 Å². The summed E-state index contributed by atoms with van der Waals surface area (Å²) >= 11 is 1.54. The van der Waals surface area contributed by atoms with Gasteiger partial charge in [0.2, 0.25) is 5.91 Å². The van der Waals surface area contributed by atoms with Gasteiger partial charge < -0.3 is 10.4 Å². The molecule has 1 aromatic carbocycles. The van der Waals surface area contributed by atoms with Gasteiger partial charge in [-0.05, 0) is 44.2 Å². The Kier molecular flexibility index (Phi) is 5.67. The maximum absolute atomic E-state index is 12.0. The van der Waals surface area contributed by atoms with Crippen molar-refractivity contribution in [1.82, 2.24) is 5.32 Å². The molecule has 2 N–H and O–H groups in total. The van der Waals surface area contributed by atoms with Crippen LogP contribution >= 0.6 is 11.8 Å². The Hall–Kier alpha value is -1.49. The second-order valence-corrected chi connectivity index (χ2v) is 6.53. The highest BCUT2D eigenvalue weighted by molar-refractivity contribution is 8.00. The average molecular weight is 307 g/mol. The predicted octanol–water partition coefficient (Wildman–Crippen LogP) is 2.85. The molecule has 5 heteroatoms. The first-order chi connectivity index (χ1) is 10.1. The molecular weight excluding hydrogens is 286 g/mol. The van der Waals surface area contributed by atoms with Crippen molar-refractivity contribution in [2.75, 3.05) is 5.75 Å². The van der Waals surface area contributed by atoms with E-state index >= 15 is 0 Å². The summed E-state index contributed by atoms with van der Waals surface area (Å²) in [4.78, 5) is 24.0. The van der Waals surface area contributed by atoms with Crippen molar-refractivity contribution in [1.29, 1.82) is 0 Å². The van der Waals surface area contributed by atoms with E-state index in [1.165, 1.54) is 5.56 Å². The summed E-state index contributed by atoms with van der Waals surface area (Å²) < 4.78 is 0. The fourth-order valence-electron chi connectivity index (χ4n) is 2.62. The van der Waals surface area contributed by atoms with Gasteiger partial charge >= 0.3 is 5.97 Å². The van der Waals surface area contributed by atoms with Crippen LogP contribution in [0.3, 0.4) is 0 Å². The lowest BCUT2D eigenvalue weighted by Gasteiger charge is -2.26. The lowest BCUT2D eigenvalue weighted by atomic mass is 9.86. The molecule has 1 saturated carbocycles. The van der Waals surface area contributed by atoms with Crippen LogP contribution in [0.4, 0.5) is 0 Å². The zero-order valence-corrected chi connectivity index (χ0v) is 13.0. The molecule has 0 atom stereocenters. The van der Waals surface area contributed by atoms with Crippen LogP contribution in [0.5, 0.6) is 0 Å². The molecule has 1 aliphatic carbocycles. The molecule has 0 spiro atoms. The summed E-state index contributed by atoms with van der Waals surface area (Å²) in [5.74, 6) is -0.514. The van der Waals surface area contributed by atoms with Gasteiger partial charge in [0, 0.05) is 10.9 Å². The Bertz CT molecular complexity index is 510. The summed E-state index contributed by atoms with van der Waals surface area (Å²) in [6.45, 7) is 2.04. The SMILES string of the molecule is Cc1ccccc1SCC(=O)NC1CCC(C(=O)O)CC1. The Labute approximate surface area is 129 Å². The molecule has 1 aliphatic rings.